The van der Waals surface area contributed by atoms with E-state index >= 15 is 0 Å². The van der Waals surface area contributed by atoms with E-state index < -0.39 is 35.0 Å². The van der Waals surface area contributed by atoms with E-state index in [2.05, 4.69) is 5.32 Å². The van der Waals surface area contributed by atoms with Crippen LogP contribution in [-0.4, -0.2) is 5.91 Å². The topological polar surface area (TPSA) is 38.3 Å². The number of alkyl halides is 3. The highest BCUT2D eigenvalue weighted by Crippen LogP contribution is 2.38. The Balaban J connectivity index is 1.76. The smallest absolute Gasteiger partial charge is 0.419 e. The van der Waals surface area contributed by atoms with Crippen LogP contribution in [0.4, 0.5) is 27.6 Å². The second-order valence-corrected chi connectivity index (χ2v) is 5.70. The normalized spacial score (nSPS) is 11.2. The summed E-state index contributed by atoms with van der Waals surface area (Å²) in [6.07, 6.45) is -4.71. The molecule has 3 nitrogen and oxygen atoms in total. The van der Waals surface area contributed by atoms with Crippen LogP contribution in [-0.2, 0) is 6.18 Å². The minimum Gasteiger partial charge on any atom is -0.457 e. The van der Waals surface area contributed by atoms with Crippen LogP contribution in [0.3, 0.4) is 0 Å². The van der Waals surface area contributed by atoms with Crippen molar-refractivity contribution in [2.75, 3.05) is 5.32 Å². The number of hydrogen-bond acceptors (Lipinski definition) is 2. The van der Waals surface area contributed by atoms with Gasteiger partial charge in [-0.05, 0) is 48.5 Å². The molecule has 1 N–H and O–H groups in total. The fraction of sp³-hybridized carbons (Fsp3) is 0.0500. The largest absolute Gasteiger partial charge is 0.457 e. The van der Waals surface area contributed by atoms with E-state index in [4.69, 9.17) is 4.74 Å². The van der Waals surface area contributed by atoms with E-state index in [-0.39, 0.29) is 17.0 Å². The second-order valence-electron chi connectivity index (χ2n) is 5.70. The van der Waals surface area contributed by atoms with Crippen molar-refractivity contribution in [1.82, 2.24) is 0 Å². The number of carbonyl (C=O) groups is 1. The summed E-state index contributed by atoms with van der Waals surface area (Å²) in [5.41, 5.74) is -1.00. The summed E-state index contributed by atoms with van der Waals surface area (Å²) >= 11 is 0. The molecule has 0 aliphatic rings. The maximum Gasteiger partial charge on any atom is 0.419 e. The number of amides is 1. The Hall–Kier alpha value is -3.42. The average Bonchev–Trinajstić information content (AvgIpc) is 2.62. The van der Waals surface area contributed by atoms with E-state index in [9.17, 15) is 26.7 Å². The van der Waals surface area contributed by atoms with Gasteiger partial charge in [-0.2, -0.15) is 13.2 Å². The molecule has 8 heteroatoms. The Morgan fingerprint density at radius 1 is 0.893 bits per heavy atom. The summed E-state index contributed by atoms with van der Waals surface area (Å²) in [4.78, 5) is 12.1. The number of rotatable bonds is 4. The van der Waals surface area contributed by atoms with Crippen LogP contribution < -0.4 is 10.1 Å². The number of halogens is 5. The Bertz CT molecular complexity index is 1000. The maximum atomic E-state index is 13.6. The zero-order chi connectivity index (χ0) is 20.3. The van der Waals surface area contributed by atoms with Gasteiger partial charge in [0, 0.05) is 11.8 Å². The van der Waals surface area contributed by atoms with Gasteiger partial charge in [0.15, 0.2) is 0 Å². The van der Waals surface area contributed by atoms with Crippen LogP contribution in [0.2, 0.25) is 0 Å². The van der Waals surface area contributed by atoms with Gasteiger partial charge >= 0.3 is 6.18 Å². The molecule has 0 heterocycles. The van der Waals surface area contributed by atoms with Crippen molar-refractivity contribution in [2.45, 2.75) is 6.18 Å². The van der Waals surface area contributed by atoms with Crippen LogP contribution in [0.25, 0.3) is 0 Å². The SMILES string of the molecule is O=C(Nc1ccc(Oc2cc(F)ccc2C(F)(F)F)cc1)c1ccccc1F. The number of benzene rings is 3. The monoisotopic (exact) mass is 393 g/mol. The predicted octanol–water partition coefficient (Wildman–Crippen LogP) is 6.03. The minimum absolute atomic E-state index is 0.00000866. The van der Waals surface area contributed by atoms with Gasteiger partial charge in [0.2, 0.25) is 0 Å². The molecular weight excluding hydrogens is 381 g/mol. The minimum atomic E-state index is -4.71. The predicted molar refractivity (Wildman–Crippen MR) is 92.3 cm³/mol. The molecule has 3 rings (SSSR count). The van der Waals surface area contributed by atoms with E-state index in [1.807, 2.05) is 0 Å². The highest BCUT2D eigenvalue weighted by Gasteiger charge is 2.34. The maximum absolute atomic E-state index is 13.6. The molecule has 0 unspecified atom stereocenters. The zero-order valence-corrected chi connectivity index (χ0v) is 14.1. The lowest BCUT2D eigenvalue weighted by molar-refractivity contribution is -0.138. The molecule has 0 radical (unpaired) electrons. The highest BCUT2D eigenvalue weighted by molar-refractivity contribution is 6.04. The molecular formula is C20H12F5NO2. The fourth-order valence-electron chi connectivity index (χ4n) is 2.39. The Kier molecular flexibility index (Phi) is 5.30. The number of hydrogen-bond donors (Lipinski definition) is 1. The molecule has 0 spiro atoms. The van der Waals surface area contributed by atoms with Crippen molar-refractivity contribution in [2.24, 2.45) is 0 Å². The van der Waals surface area contributed by atoms with Crippen molar-refractivity contribution in [3.8, 4) is 11.5 Å². The van der Waals surface area contributed by atoms with Gasteiger partial charge < -0.3 is 10.1 Å². The number of nitrogens with one attached hydrogen (secondary N) is 1. The first-order valence-corrected chi connectivity index (χ1v) is 7.94. The van der Waals surface area contributed by atoms with Gasteiger partial charge in [0.1, 0.15) is 23.1 Å². The molecule has 1 amide bonds. The molecule has 28 heavy (non-hydrogen) atoms. The number of ether oxygens (including phenoxy) is 1. The molecule has 0 aromatic heterocycles. The molecule has 144 valence electrons. The zero-order valence-electron chi connectivity index (χ0n) is 14.1. The van der Waals surface area contributed by atoms with Crippen LogP contribution >= 0.6 is 0 Å². The molecule has 0 bridgehead atoms. The summed E-state index contributed by atoms with van der Waals surface area (Å²) in [6.45, 7) is 0. The van der Waals surface area contributed by atoms with Crippen LogP contribution in [0.1, 0.15) is 15.9 Å². The second kappa shape index (κ2) is 7.67. The summed E-state index contributed by atoms with van der Waals surface area (Å²) in [5, 5.41) is 2.46. The van der Waals surface area contributed by atoms with Gasteiger partial charge in [0.05, 0.1) is 11.1 Å². The van der Waals surface area contributed by atoms with Crippen LogP contribution in [0, 0.1) is 11.6 Å². The molecule has 0 aliphatic carbocycles. The molecule has 0 saturated heterocycles. The molecule has 0 saturated carbocycles. The van der Waals surface area contributed by atoms with Crippen molar-refractivity contribution in [3.63, 3.8) is 0 Å². The van der Waals surface area contributed by atoms with Gasteiger partial charge in [0.25, 0.3) is 5.91 Å². The lowest BCUT2D eigenvalue weighted by Gasteiger charge is -2.14. The summed E-state index contributed by atoms with van der Waals surface area (Å²) < 4.78 is 71.1. The van der Waals surface area contributed by atoms with Crippen molar-refractivity contribution in [3.05, 3.63) is 89.5 Å². The number of anilines is 1. The van der Waals surface area contributed by atoms with Gasteiger partial charge in [-0.3, -0.25) is 4.79 Å². The first-order valence-electron chi connectivity index (χ1n) is 7.94. The third kappa shape index (κ3) is 4.46. The quantitative estimate of drug-likeness (QED) is 0.550. The van der Waals surface area contributed by atoms with Gasteiger partial charge in [-0.25, -0.2) is 8.78 Å². The summed E-state index contributed by atoms with van der Waals surface area (Å²) in [7, 11) is 0. The van der Waals surface area contributed by atoms with E-state index in [1.165, 1.54) is 42.5 Å². The van der Waals surface area contributed by atoms with Crippen molar-refractivity contribution >= 4 is 11.6 Å². The summed E-state index contributed by atoms with van der Waals surface area (Å²) in [6, 6.07) is 12.6. The lowest BCUT2D eigenvalue weighted by Crippen LogP contribution is -2.13. The van der Waals surface area contributed by atoms with Crippen molar-refractivity contribution in [1.29, 1.82) is 0 Å². The van der Waals surface area contributed by atoms with Gasteiger partial charge in [-0.15, -0.1) is 0 Å². The summed E-state index contributed by atoms with van der Waals surface area (Å²) in [5.74, 6) is -2.94. The molecule has 3 aromatic rings. The third-order valence-corrected chi connectivity index (χ3v) is 3.71. The average molecular weight is 393 g/mol. The van der Waals surface area contributed by atoms with E-state index in [0.29, 0.717) is 18.2 Å². The lowest BCUT2D eigenvalue weighted by atomic mass is 10.2. The van der Waals surface area contributed by atoms with E-state index in [0.717, 1.165) is 6.07 Å². The standard InChI is InChI=1S/C20H12F5NO2/c21-12-5-10-16(20(23,24)25)18(11-12)28-14-8-6-13(7-9-14)26-19(27)15-3-1-2-4-17(15)22/h1-11H,(H,26,27). The third-order valence-electron chi connectivity index (χ3n) is 3.71. The Morgan fingerprint density at radius 2 is 1.57 bits per heavy atom. The molecule has 0 fully saturated rings. The molecule has 3 aromatic carbocycles. The van der Waals surface area contributed by atoms with E-state index in [1.54, 1.807) is 0 Å². The molecule has 0 atom stereocenters. The van der Waals surface area contributed by atoms with Crippen LogP contribution in [0.15, 0.2) is 66.7 Å². The van der Waals surface area contributed by atoms with Gasteiger partial charge in [-0.1, -0.05) is 12.1 Å². The number of carbonyl (C=O) groups excluding carboxylic acids is 1. The van der Waals surface area contributed by atoms with Crippen LogP contribution in [0.5, 0.6) is 11.5 Å². The first kappa shape index (κ1) is 19.3. The Labute approximate surface area is 156 Å². The fourth-order valence-corrected chi connectivity index (χ4v) is 2.39. The van der Waals surface area contributed by atoms with Crippen molar-refractivity contribution < 1.29 is 31.5 Å². The molecule has 0 aliphatic heterocycles. The highest BCUT2D eigenvalue weighted by atomic mass is 19.4. The first-order chi connectivity index (χ1) is 13.2. The Morgan fingerprint density at radius 3 is 2.21 bits per heavy atom.